The van der Waals surface area contributed by atoms with E-state index in [0.717, 1.165) is 4.57 Å². The summed E-state index contributed by atoms with van der Waals surface area (Å²) in [7, 11) is -1.03. The van der Waals surface area contributed by atoms with Gasteiger partial charge in [-0.1, -0.05) is 0 Å². The molecular formula is C14H18BN3O2. The van der Waals surface area contributed by atoms with Crippen molar-refractivity contribution in [2.75, 3.05) is 0 Å². The second-order valence-electron chi connectivity index (χ2n) is 5.57. The van der Waals surface area contributed by atoms with Gasteiger partial charge in [-0.3, -0.25) is 4.98 Å². The topological polar surface area (TPSA) is 49.2 Å². The van der Waals surface area contributed by atoms with Gasteiger partial charge in [-0.15, -0.1) is 0 Å². The fourth-order valence-corrected chi connectivity index (χ4v) is 1.78. The zero-order chi connectivity index (χ0) is 19.6. The molecule has 0 saturated carbocycles. The first-order chi connectivity index (χ1) is 11.9. The molecule has 20 heavy (non-hydrogen) atoms. The first-order valence-corrected chi connectivity index (χ1v) is 6.23. The Labute approximate surface area is 127 Å². The highest BCUT2D eigenvalue weighted by Gasteiger charge is 2.52. The van der Waals surface area contributed by atoms with E-state index in [2.05, 4.69) is 9.97 Å². The van der Waals surface area contributed by atoms with Crippen LogP contribution in [0.4, 0.5) is 0 Å². The molecule has 104 valence electrons. The molecule has 1 saturated heterocycles. The molecule has 0 radical (unpaired) electrons. The van der Waals surface area contributed by atoms with E-state index in [1.54, 1.807) is 0 Å². The van der Waals surface area contributed by atoms with Crippen LogP contribution in [0.1, 0.15) is 35.9 Å². The number of imidazole rings is 1. The largest absolute Gasteiger partial charge is 0.514 e. The van der Waals surface area contributed by atoms with Gasteiger partial charge in [0.1, 0.15) is 1.37 Å². The second kappa shape index (κ2) is 4.43. The van der Waals surface area contributed by atoms with Crippen LogP contribution < -0.4 is 5.59 Å². The fraction of sp³-hybridized carbons (Fsp3) is 0.429. The van der Waals surface area contributed by atoms with Crippen LogP contribution in [-0.2, 0) is 9.31 Å². The van der Waals surface area contributed by atoms with E-state index in [9.17, 15) is 0 Å². The van der Waals surface area contributed by atoms with E-state index >= 15 is 0 Å². The van der Waals surface area contributed by atoms with Gasteiger partial charge in [0, 0.05) is 24.2 Å². The van der Waals surface area contributed by atoms with Gasteiger partial charge in [0.15, 0.2) is 0 Å². The maximum absolute atomic E-state index is 8.45. The SMILES string of the molecule is [2H]c1nc(B2OC(C)(C)C(C)(C)O2)c([2H])c(-n2c([2H])nc([2H])c2[2H])c1[2H]. The van der Waals surface area contributed by atoms with E-state index in [1.807, 2.05) is 27.7 Å². The molecule has 1 fully saturated rings. The van der Waals surface area contributed by atoms with Crippen molar-refractivity contribution in [3.63, 3.8) is 0 Å². The van der Waals surface area contributed by atoms with Crippen LogP contribution in [0.3, 0.4) is 0 Å². The summed E-state index contributed by atoms with van der Waals surface area (Å²) in [5, 5.41) is 0. The van der Waals surface area contributed by atoms with Crippen molar-refractivity contribution >= 4 is 12.7 Å². The van der Waals surface area contributed by atoms with E-state index in [4.69, 9.17) is 17.5 Å². The lowest BCUT2D eigenvalue weighted by molar-refractivity contribution is 0.00578. The summed E-state index contributed by atoms with van der Waals surface area (Å²) >= 11 is 0. The Balaban J connectivity index is 2.21. The molecule has 0 atom stereocenters. The van der Waals surface area contributed by atoms with E-state index < -0.39 is 49.2 Å². The fourth-order valence-electron chi connectivity index (χ4n) is 1.78. The van der Waals surface area contributed by atoms with E-state index in [1.165, 1.54) is 0 Å². The van der Waals surface area contributed by atoms with Gasteiger partial charge in [-0.2, -0.15) is 0 Å². The highest BCUT2D eigenvalue weighted by atomic mass is 16.7. The molecule has 0 aromatic carbocycles. The summed E-state index contributed by atoms with van der Waals surface area (Å²) in [6.45, 7) is 7.35. The Morgan fingerprint density at radius 1 is 1.20 bits per heavy atom. The van der Waals surface area contributed by atoms with Crippen molar-refractivity contribution in [3.05, 3.63) is 36.9 Å². The molecule has 1 aliphatic rings. The van der Waals surface area contributed by atoms with E-state index in [-0.39, 0.29) is 17.3 Å². The Bertz CT molecular complexity index is 886. The molecule has 0 unspecified atom stereocenters. The van der Waals surface area contributed by atoms with Crippen molar-refractivity contribution in [3.8, 4) is 5.69 Å². The van der Waals surface area contributed by atoms with E-state index in [0.29, 0.717) is 0 Å². The quantitative estimate of drug-likeness (QED) is 0.782. The molecule has 0 bridgehead atoms. The summed E-state index contributed by atoms with van der Waals surface area (Å²) in [4.78, 5) is 7.55. The molecule has 2 aromatic rings. The standard InChI is InChI=1S/C14H18BN3O2/c1-13(2)14(3,4)20-15(19-13)12-9-11(5-6-17-12)18-8-7-16-10-18/h5-10H,1-4H3/i5D,6D,7D,8D,9D,10D. The van der Waals surface area contributed by atoms with Crippen LogP contribution in [0.5, 0.6) is 0 Å². The van der Waals surface area contributed by atoms with Crippen molar-refractivity contribution in [2.45, 2.75) is 38.9 Å². The zero-order valence-corrected chi connectivity index (χ0v) is 11.7. The molecular weight excluding hydrogens is 253 g/mol. The number of pyridine rings is 1. The lowest BCUT2D eigenvalue weighted by Gasteiger charge is -2.32. The molecule has 0 N–H and O–H groups in total. The summed E-state index contributed by atoms with van der Waals surface area (Å²) in [6, 6.07) is -0.737. The highest BCUT2D eigenvalue weighted by Crippen LogP contribution is 2.36. The lowest BCUT2D eigenvalue weighted by atomic mass is 9.84. The Kier molecular flexibility index (Phi) is 1.76. The zero-order valence-electron chi connectivity index (χ0n) is 17.7. The smallest absolute Gasteiger partial charge is 0.398 e. The number of hydrogen-bond acceptors (Lipinski definition) is 4. The molecule has 5 nitrogen and oxygen atoms in total. The monoisotopic (exact) mass is 277 g/mol. The van der Waals surface area contributed by atoms with Crippen LogP contribution in [0.2, 0.25) is 0 Å². The van der Waals surface area contributed by atoms with Gasteiger partial charge in [0.05, 0.1) is 30.0 Å². The summed E-state index contributed by atoms with van der Waals surface area (Å²) in [5.41, 5.74) is -1.59. The number of nitrogens with zero attached hydrogens (tertiary/aromatic N) is 3. The van der Waals surface area contributed by atoms with Crippen LogP contribution >= 0.6 is 0 Å². The Morgan fingerprint density at radius 2 is 1.90 bits per heavy atom. The van der Waals surface area contributed by atoms with Gasteiger partial charge >= 0.3 is 7.12 Å². The first kappa shape index (κ1) is 7.95. The average molecular weight is 277 g/mol. The summed E-state index contributed by atoms with van der Waals surface area (Å²) in [6.07, 6.45) is -1.80. The predicted molar refractivity (Wildman–Crippen MR) is 77.1 cm³/mol. The van der Waals surface area contributed by atoms with Crippen molar-refractivity contribution < 1.29 is 17.5 Å². The maximum atomic E-state index is 8.45. The van der Waals surface area contributed by atoms with Gasteiger partial charge in [-0.05, 0) is 39.8 Å². The summed E-state index contributed by atoms with van der Waals surface area (Å²) in [5.74, 6) is 0. The Morgan fingerprint density at radius 3 is 2.50 bits per heavy atom. The molecule has 1 aliphatic heterocycles. The first-order valence-electron chi connectivity index (χ1n) is 9.23. The average Bonchev–Trinajstić information content (AvgIpc) is 2.88. The van der Waals surface area contributed by atoms with Crippen molar-refractivity contribution in [2.24, 2.45) is 0 Å². The van der Waals surface area contributed by atoms with Crippen LogP contribution in [0.25, 0.3) is 5.69 Å². The minimum Gasteiger partial charge on any atom is -0.398 e. The molecule has 3 heterocycles. The van der Waals surface area contributed by atoms with Crippen LogP contribution in [0.15, 0.2) is 36.9 Å². The minimum atomic E-state index is -1.03. The number of aromatic nitrogens is 3. The maximum Gasteiger partial charge on any atom is 0.514 e. The van der Waals surface area contributed by atoms with Crippen molar-refractivity contribution in [1.29, 1.82) is 0 Å². The van der Waals surface area contributed by atoms with Crippen LogP contribution in [0, 0.1) is 0 Å². The number of hydrogen-bond donors (Lipinski definition) is 0. The highest BCUT2D eigenvalue weighted by molar-refractivity contribution is 6.61. The van der Waals surface area contributed by atoms with Gasteiger partial charge < -0.3 is 13.9 Å². The van der Waals surface area contributed by atoms with Gasteiger partial charge in [0.25, 0.3) is 0 Å². The molecule has 2 aromatic heterocycles. The lowest BCUT2D eigenvalue weighted by Crippen LogP contribution is -2.41. The third-order valence-electron chi connectivity index (χ3n) is 3.66. The Hall–Kier alpha value is -1.66. The molecule has 0 aliphatic carbocycles. The second-order valence-corrected chi connectivity index (χ2v) is 5.57. The van der Waals surface area contributed by atoms with Crippen molar-refractivity contribution in [1.82, 2.24) is 14.5 Å². The molecule has 3 rings (SSSR count). The summed E-state index contributed by atoms with van der Waals surface area (Å²) < 4.78 is 60.4. The predicted octanol–water partition coefficient (Wildman–Crippen LogP) is 1.57. The van der Waals surface area contributed by atoms with Crippen LogP contribution in [-0.4, -0.2) is 32.9 Å². The third-order valence-corrected chi connectivity index (χ3v) is 3.66. The number of rotatable bonds is 2. The normalized spacial score (nSPS) is 24.5. The van der Waals surface area contributed by atoms with Gasteiger partial charge in [-0.25, -0.2) is 4.98 Å². The van der Waals surface area contributed by atoms with Gasteiger partial charge in [0.2, 0.25) is 0 Å². The molecule has 6 heteroatoms. The minimum absolute atomic E-state index is 0.0151. The molecule has 0 spiro atoms. The molecule has 0 amide bonds. The third kappa shape index (κ3) is 2.15.